The second kappa shape index (κ2) is 4.60. The Labute approximate surface area is 104 Å². The molecule has 2 N–H and O–H groups in total. The van der Waals surface area contributed by atoms with Gasteiger partial charge in [0.1, 0.15) is 0 Å². The molecular formula is C8H4BrF6NS. The fourth-order valence-electron chi connectivity index (χ4n) is 1.04. The number of halogens is 7. The first-order valence-electron chi connectivity index (χ1n) is 3.92. The normalized spacial score (nSPS) is 12.9. The second-order valence-corrected chi connectivity index (χ2v) is 4.93. The summed E-state index contributed by atoms with van der Waals surface area (Å²) in [6.07, 6.45) is -4.80. The van der Waals surface area contributed by atoms with Crippen LogP contribution in [-0.2, 0) is 6.18 Å². The van der Waals surface area contributed by atoms with Gasteiger partial charge in [0.15, 0.2) is 0 Å². The highest BCUT2D eigenvalue weighted by Gasteiger charge is 2.37. The lowest BCUT2D eigenvalue weighted by molar-refractivity contribution is -0.137. The third kappa shape index (κ3) is 3.98. The van der Waals surface area contributed by atoms with Crippen molar-refractivity contribution in [3.63, 3.8) is 0 Å². The Morgan fingerprint density at radius 2 is 1.59 bits per heavy atom. The number of thioether (sulfide) groups is 1. The molecule has 0 aromatic heterocycles. The molecule has 0 amide bonds. The van der Waals surface area contributed by atoms with E-state index in [4.69, 9.17) is 5.73 Å². The predicted octanol–water partition coefficient (Wildman–Crippen LogP) is 4.66. The lowest BCUT2D eigenvalue weighted by atomic mass is 10.2. The van der Waals surface area contributed by atoms with E-state index in [0.717, 1.165) is 6.07 Å². The smallest absolute Gasteiger partial charge is 0.397 e. The first-order chi connectivity index (χ1) is 7.50. The van der Waals surface area contributed by atoms with Crippen LogP contribution in [0, 0.1) is 0 Å². The van der Waals surface area contributed by atoms with Crippen molar-refractivity contribution in [3.8, 4) is 0 Å². The van der Waals surface area contributed by atoms with E-state index < -0.39 is 39.6 Å². The van der Waals surface area contributed by atoms with Crippen LogP contribution in [0.25, 0.3) is 0 Å². The van der Waals surface area contributed by atoms with Gasteiger partial charge in [0.2, 0.25) is 0 Å². The van der Waals surface area contributed by atoms with Gasteiger partial charge in [-0.1, -0.05) is 15.9 Å². The van der Waals surface area contributed by atoms with Crippen molar-refractivity contribution in [1.82, 2.24) is 0 Å². The van der Waals surface area contributed by atoms with E-state index in [9.17, 15) is 26.3 Å². The molecule has 1 nitrogen and oxygen atoms in total. The highest BCUT2D eigenvalue weighted by atomic mass is 79.9. The monoisotopic (exact) mass is 339 g/mol. The summed E-state index contributed by atoms with van der Waals surface area (Å²) < 4.78 is 73.5. The summed E-state index contributed by atoms with van der Waals surface area (Å²) in [6, 6.07) is 1.53. The van der Waals surface area contributed by atoms with E-state index in [2.05, 4.69) is 15.9 Å². The van der Waals surface area contributed by atoms with E-state index in [0.29, 0.717) is 6.07 Å². The molecule has 0 saturated heterocycles. The van der Waals surface area contributed by atoms with Crippen LogP contribution in [0.15, 0.2) is 21.5 Å². The van der Waals surface area contributed by atoms with Gasteiger partial charge in [0.05, 0.1) is 11.3 Å². The molecule has 0 unspecified atom stereocenters. The highest BCUT2D eigenvalue weighted by Crippen LogP contribution is 2.45. The summed E-state index contributed by atoms with van der Waals surface area (Å²) in [4.78, 5) is -0.681. The van der Waals surface area contributed by atoms with Gasteiger partial charge in [-0.05, 0) is 23.9 Å². The Morgan fingerprint density at radius 3 is 2.00 bits per heavy atom. The number of nitrogen functional groups attached to an aromatic ring is 1. The molecule has 0 saturated carbocycles. The number of benzene rings is 1. The first kappa shape index (κ1) is 14.5. The minimum Gasteiger partial charge on any atom is -0.397 e. The highest BCUT2D eigenvalue weighted by molar-refractivity contribution is 9.10. The van der Waals surface area contributed by atoms with Crippen LogP contribution in [0.4, 0.5) is 32.0 Å². The predicted molar refractivity (Wildman–Crippen MR) is 55.5 cm³/mol. The zero-order valence-corrected chi connectivity index (χ0v) is 10.2. The van der Waals surface area contributed by atoms with Crippen LogP contribution in [0.1, 0.15) is 5.56 Å². The van der Waals surface area contributed by atoms with Crippen molar-refractivity contribution < 1.29 is 26.3 Å². The van der Waals surface area contributed by atoms with Crippen LogP contribution >= 0.6 is 27.7 Å². The average Bonchev–Trinajstić information content (AvgIpc) is 2.06. The first-order valence-corrected chi connectivity index (χ1v) is 5.53. The van der Waals surface area contributed by atoms with Gasteiger partial charge < -0.3 is 5.73 Å². The molecule has 0 heterocycles. The quantitative estimate of drug-likeness (QED) is 0.457. The molecule has 1 aromatic carbocycles. The molecule has 0 aliphatic carbocycles. The Balaban J connectivity index is 3.29. The molecule has 0 radical (unpaired) electrons. The van der Waals surface area contributed by atoms with Crippen molar-refractivity contribution in [2.45, 2.75) is 16.6 Å². The van der Waals surface area contributed by atoms with Gasteiger partial charge in [0.25, 0.3) is 0 Å². The van der Waals surface area contributed by atoms with E-state index in [1.807, 2.05) is 0 Å². The van der Waals surface area contributed by atoms with E-state index in [-0.39, 0.29) is 4.47 Å². The number of hydrogen-bond donors (Lipinski definition) is 1. The van der Waals surface area contributed by atoms with Crippen LogP contribution in [0.3, 0.4) is 0 Å². The number of hydrogen-bond acceptors (Lipinski definition) is 2. The molecule has 0 spiro atoms. The molecule has 17 heavy (non-hydrogen) atoms. The molecule has 0 fully saturated rings. The molecule has 1 rings (SSSR count). The molecular weight excluding hydrogens is 336 g/mol. The topological polar surface area (TPSA) is 26.0 Å². The van der Waals surface area contributed by atoms with Gasteiger partial charge in [-0.25, -0.2) is 0 Å². The minimum absolute atomic E-state index is 0.120. The van der Waals surface area contributed by atoms with Gasteiger partial charge in [-0.2, -0.15) is 26.3 Å². The van der Waals surface area contributed by atoms with E-state index >= 15 is 0 Å². The number of nitrogens with two attached hydrogens (primary N) is 1. The van der Waals surface area contributed by atoms with Crippen LogP contribution in [0.5, 0.6) is 0 Å². The molecule has 0 aliphatic heterocycles. The lowest BCUT2D eigenvalue weighted by Crippen LogP contribution is -2.11. The molecule has 1 aromatic rings. The Morgan fingerprint density at radius 1 is 1.06 bits per heavy atom. The van der Waals surface area contributed by atoms with Gasteiger partial charge in [-0.15, -0.1) is 0 Å². The molecule has 0 aliphatic rings. The van der Waals surface area contributed by atoms with Crippen molar-refractivity contribution >= 4 is 33.4 Å². The number of rotatable bonds is 1. The summed E-state index contributed by atoms with van der Waals surface area (Å²) in [5, 5.41) is 0. The molecule has 0 atom stereocenters. The fourth-order valence-corrected chi connectivity index (χ4v) is 2.30. The maximum absolute atomic E-state index is 12.5. The fraction of sp³-hybridized carbons (Fsp3) is 0.250. The zero-order valence-electron chi connectivity index (χ0n) is 7.79. The van der Waals surface area contributed by atoms with E-state index in [1.54, 1.807) is 0 Å². The Kier molecular flexibility index (Phi) is 3.92. The van der Waals surface area contributed by atoms with Crippen LogP contribution < -0.4 is 5.73 Å². The zero-order chi connectivity index (χ0) is 13.4. The van der Waals surface area contributed by atoms with Gasteiger partial charge in [-0.3, -0.25) is 0 Å². The van der Waals surface area contributed by atoms with E-state index in [1.165, 1.54) is 0 Å². The summed E-state index contributed by atoms with van der Waals surface area (Å²) in [7, 11) is 0. The summed E-state index contributed by atoms with van der Waals surface area (Å²) in [5.41, 5.74) is -1.83. The third-order valence-corrected chi connectivity index (χ3v) is 2.88. The molecule has 9 heteroatoms. The summed E-state index contributed by atoms with van der Waals surface area (Å²) >= 11 is 2.03. The molecule has 0 bridgehead atoms. The maximum atomic E-state index is 12.5. The van der Waals surface area contributed by atoms with Crippen molar-refractivity contribution in [3.05, 3.63) is 22.2 Å². The third-order valence-electron chi connectivity index (χ3n) is 1.64. The van der Waals surface area contributed by atoms with Crippen molar-refractivity contribution in [2.24, 2.45) is 0 Å². The van der Waals surface area contributed by atoms with Crippen molar-refractivity contribution in [1.29, 1.82) is 0 Å². The second-order valence-electron chi connectivity index (χ2n) is 2.91. The Bertz CT molecular complexity index is 427. The average molecular weight is 340 g/mol. The van der Waals surface area contributed by atoms with Gasteiger partial charge >= 0.3 is 11.7 Å². The standard InChI is InChI=1S/C8H4BrF6NS/c9-3-1-4(7(10,11)12)6(16)5(2-3)17-8(13,14)15/h1-2H,16H2. The SMILES string of the molecule is Nc1c(SC(F)(F)F)cc(Br)cc1C(F)(F)F. The minimum atomic E-state index is -4.80. The Hall–Kier alpha value is -0.570. The lowest BCUT2D eigenvalue weighted by Gasteiger charge is -2.15. The van der Waals surface area contributed by atoms with Crippen molar-refractivity contribution in [2.75, 3.05) is 5.73 Å². The van der Waals surface area contributed by atoms with Gasteiger partial charge in [0, 0.05) is 9.37 Å². The largest absolute Gasteiger partial charge is 0.446 e. The maximum Gasteiger partial charge on any atom is 0.446 e. The number of alkyl halides is 6. The summed E-state index contributed by atoms with van der Waals surface area (Å²) in [5.74, 6) is 0. The van der Waals surface area contributed by atoms with Crippen LogP contribution in [0.2, 0.25) is 0 Å². The molecule has 96 valence electrons. The number of anilines is 1. The van der Waals surface area contributed by atoms with Crippen LogP contribution in [-0.4, -0.2) is 5.51 Å². The summed E-state index contributed by atoms with van der Waals surface area (Å²) in [6.45, 7) is 0.